The number of hydrogen-bond donors (Lipinski definition) is 1. The van der Waals surface area contributed by atoms with Crippen molar-refractivity contribution >= 4 is 39.9 Å². The van der Waals surface area contributed by atoms with Gasteiger partial charge in [-0.15, -0.1) is 0 Å². The van der Waals surface area contributed by atoms with Crippen LogP contribution in [0.15, 0.2) is 24.3 Å². The number of nitrogens with one attached hydrogen (secondary N) is 1. The molecule has 0 aliphatic heterocycles. The van der Waals surface area contributed by atoms with Crippen LogP contribution in [-0.4, -0.2) is 15.3 Å². The van der Waals surface area contributed by atoms with Crippen LogP contribution in [0.3, 0.4) is 0 Å². The average Bonchev–Trinajstić information content (AvgIpc) is 2.18. The molecule has 1 aromatic carbocycles. The number of nitro benzene ring substituents is 1. The van der Waals surface area contributed by atoms with Crippen LogP contribution in [0.5, 0.6) is 0 Å². The topological polar surface area (TPSA) is 72.2 Å². The molecule has 1 rings (SSSR count). The Balaban J connectivity index is 2.83. The van der Waals surface area contributed by atoms with Crippen molar-refractivity contribution in [2.45, 2.75) is 0 Å². The van der Waals surface area contributed by atoms with Gasteiger partial charge in [0.15, 0.2) is 0 Å². The maximum absolute atomic E-state index is 11.0. The summed E-state index contributed by atoms with van der Waals surface area (Å²) in [6.07, 6.45) is 0. The van der Waals surface area contributed by atoms with Gasteiger partial charge in [-0.2, -0.15) is 0 Å². The number of rotatable bonds is 3. The highest BCUT2D eigenvalue weighted by molar-refractivity contribution is 14.1. The van der Waals surface area contributed by atoms with Gasteiger partial charge >= 0.3 is 0 Å². The van der Waals surface area contributed by atoms with Gasteiger partial charge in [-0.25, -0.2) is 0 Å². The first-order valence-electron chi connectivity index (χ1n) is 3.74. The number of alkyl halides is 1. The second kappa shape index (κ2) is 4.89. The fraction of sp³-hybridized carbons (Fsp3) is 0.125. The Morgan fingerprint density at radius 2 is 2.29 bits per heavy atom. The van der Waals surface area contributed by atoms with Crippen LogP contribution in [0.1, 0.15) is 0 Å². The highest BCUT2D eigenvalue weighted by atomic mass is 127. The Morgan fingerprint density at radius 1 is 1.57 bits per heavy atom. The van der Waals surface area contributed by atoms with Crippen molar-refractivity contribution in [3.63, 3.8) is 0 Å². The minimum absolute atomic E-state index is 0.0312. The van der Waals surface area contributed by atoms with Crippen LogP contribution in [0, 0.1) is 10.1 Å². The van der Waals surface area contributed by atoms with Crippen molar-refractivity contribution in [2.75, 3.05) is 9.74 Å². The van der Waals surface area contributed by atoms with E-state index < -0.39 is 4.92 Å². The number of amides is 1. The minimum atomic E-state index is -0.500. The molecular weight excluding hydrogens is 299 g/mol. The lowest BCUT2D eigenvalue weighted by molar-refractivity contribution is -0.384. The summed E-state index contributed by atoms with van der Waals surface area (Å²) in [5.41, 5.74) is 0.414. The molecule has 1 amide bonds. The third-order valence-electron chi connectivity index (χ3n) is 1.46. The number of nitro groups is 1. The summed E-state index contributed by atoms with van der Waals surface area (Å²) < 4.78 is 0.320. The van der Waals surface area contributed by atoms with E-state index in [1.807, 2.05) is 22.6 Å². The summed E-state index contributed by atoms with van der Waals surface area (Å²) in [5.74, 6) is -0.175. The zero-order chi connectivity index (χ0) is 10.6. The largest absolute Gasteiger partial charge is 0.325 e. The third kappa shape index (κ3) is 2.95. The van der Waals surface area contributed by atoms with Crippen LogP contribution < -0.4 is 5.32 Å². The van der Waals surface area contributed by atoms with Gasteiger partial charge in [0.1, 0.15) is 0 Å². The Hall–Kier alpha value is -1.18. The second-order valence-electron chi connectivity index (χ2n) is 2.49. The predicted octanol–water partition coefficient (Wildman–Crippen LogP) is 1.97. The van der Waals surface area contributed by atoms with Gasteiger partial charge in [-0.1, -0.05) is 28.7 Å². The Kier molecular flexibility index (Phi) is 3.81. The summed E-state index contributed by atoms with van der Waals surface area (Å²) in [6, 6.07) is 5.84. The van der Waals surface area contributed by atoms with Crippen molar-refractivity contribution < 1.29 is 9.72 Å². The number of halogens is 1. The smallest absolute Gasteiger partial charge is 0.271 e. The first-order chi connectivity index (χ1) is 6.63. The van der Waals surface area contributed by atoms with Crippen LogP contribution in [-0.2, 0) is 4.79 Å². The SMILES string of the molecule is O=C(CI)Nc1cccc([N+](=O)[O-])c1. The molecule has 5 nitrogen and oxygen atoms in total. The lowest BCUT2D eigenvalue weighted by Gasteiger charge is -2.01. The Labute approximate surface area is 93.8 Å². The maximum Gasteiger partial charge on any atom is 0.271 e. The summed E-state index contributed by atoms with van der Waals surface area (Å²) in [6.45, 7) is 0. The van der Waals surface area contributed by atoms with E-state index in [0.717, 1.165) is 0 Å². The van der Waals surface area contributed by atoms with E-state index >= 15 is 0 Å². The summed E-state index contributed by atoms with van der Waals surface area (Å²) >= 11 is 1.92. The van der Waals surface area contributed by atoms with Crippen molar-refractivity contribution in [3.8, 4) is 0 Å². The van der Waals surface area contributed by atoms with E-state index in [-0.39, 0.29) is 11.6 Å². The van der Waals surface area contributed by atoms with Gasteiger partial charge in [0.25, 0.3) is 5.69 Å². The second-order valence-corrected chi connectivity index (χ2v) is 3.25. The highest BCUT2D eigenvalue weighted by Gasteiger charge is 2.06. The molecule has 0 heterocycles. The normalized spacial score (nSPS) is 9.50. The number of anilines is 1. The van der Waals surface area contributed by atoms with E-state index in [4.69, 9.17) is 0 Å². The first kappa shape index (κ1) is 10.9. The van der Waals surface area contributed by atoms with E-state index in [0.29, 0.717) is 10.1 Å². The molecule has 0 radical (unpaired) electrons. The zero-order valence-electron chi connectivity index (χ0n) is 7.07. The number of carbonyl (C=O) groups excluding carboxylic acids is 1. The van der Waals surface area contributed by atoms with E-state index in [9.17, 15) is 14.9 Å². The third-order valence-corrected chi connectivity index (χ3v) is 2.15. The monoisotopic (exact) mass is 306 g/mol. The van der Waals surface area contributed by atoms with Crippen LogP contribution in [0.4, 0.5) is 11.4 Å². The average molecular weight is 306 g/mol. The molecule has 0 bridgehead atoms. The molecule has 1 aromatic rings. The predicted molar refractivity (Wildman–Crippen MR) is 60.6 cm³/mol. The quantitative estimate of drug-likeness (QED) is 0.401. The van der Waals surface area contributed by atoms with Gasteiger partial charge in [0.2, 0.25) is 5.91 Å². The zero-order valence-corrected chi connectivity index (χ0v) is 9.22. The molecule has 0 aromatic heterocycles. The van der Waals surface area contributed by atoms with Crippen molar-refractivity contribution in [1.29, 1.82) is 0 Å². The standard InChI is InChI=1S/C8H7IN2O3/c9-5-8(12)10-6-2-1-3-7(4-6)11(13)14/h1-4H,5H2,(H,10,12). The molecule has 74 valence electrons. The van der Waals surface area contributed by atoms with Crippen molar-refractivity contribution in [1.82, 2.24) is 0 Å². The molecule has 0 atom stereocenters. The molecule has 0 spiro atoms. The lowest BCUT2D eigenvalue weighted by atomic mass is 10.3. The maximum atomic E-state index is 11.0. The molecule has 6 heteroatoms. The summed E-state index contributed by atoms with van der Waals surface area (Å²) in [5, 5.41) is 12.9. The van der Waals surface area contributed by atoms with Crippen LogP contribution in [0.2, 0.25) is 0 Å². The van der Waals surface area contributed by atoms with Gasteiger partial charge in [-0.05, 0) is 6.07 Å². The van der Waals surface area contributed by atoms with Gasteiger partial charge in [0.05, 0.1) is 9.35 Å². The number of carbonyl (C=O) groups is 1. The molecule has 0 saturated carbocycles. The van der Waals surface area contributed by atoms with E-state index in [2.05, 4.69) is 5.32 Å². The fourth-order valence-corrected chi connectivity index (χ4v) is 1.08. The molecule has 0 aliphatic rings. The lowest BCUT2D eigenvalue weighted by Crippen LogP contribution is -2.12. The summed E-state index contributed by atoms with van der Waals surface area (Å²) in [7, 11) is 0. The van der Waals surface area contributed by atoms with Crippen molar-refractivity contribution in [2.24, 2.45) is 0 Å². The summed E-state index contributed by atoms with van der Waals surface area (Å²) in [4.78, 5) is 20.9. The van der Waals surface area contributed by atoms with Gasteiger partial charge in [-0.3, -0.25) is 14.9 Å². The van der Waals surface area contributed by atoms with E-state index in [1.54, 1.807) is 6.07 Å². The molecule has 0 saturated heterocycles. The first-order valence-corrected chi connectivity index (χ1v) is 5.26. The molecule has 0 aliphatic carbocycles. The highest BCUT2D eigenvalue weighted by Crippen LogP contribution is 2.16. The number of benzene rings is 1. The van der Waals surface area contributed by atoms with Gasteiger partial charge < -0.3 is 5.32 Å². The van der Waals surface area contributed by atoms with Crippen LogP contribution >= 0.6 is 22.6 Å². The molecule has 0 unspecified atom stereocenters. The number of non-ortho nitro benzene ring substituents is 1. The Bertz CT molecular complexity index is 367. The number of nitrogens with zero attached hydrogens (tertiary/aromatic N) is 1. The number of hydrogen-bond acceptors (Lipinski definition) is 3. The molecular formula is C8H7IN2O3. The van der Waals surface area contributed by atoms with Gasteiger partial charge in [0, 0.05) is 17.8 Å². The molecule has 0 fully saturated rings. The molecule has 1 N–H and O–H groups in total. The Morgan fingerprint density at radius 3 is 2.86 bits per heavy atom. The van der Waals surface area contributed by atoms with Crippen molar-refractivity contribution in [3.05, 3.63) is 34.4 Å². The van der Waals surface area contributed by atoms with E-state index in [1.165, 1.54) is 18.2 Å². The minimum Gasteiger partial charge on any atom is -0.325 e. The molecule has 14 heavy (non-hydrogen) atoms. The fourth-order valence-electron chi connectivity index (χ4n) is 0.892. The van der Waals surface area contributed by atoms with Crippen LogP contribution in [0.25, 0.3) is 0 Å².